The summed E-state index contributed by atoms with van der Waals surface area (Å²) in [5, 5.41) is 3.60. The quantitative estimate of drug-likeness (QED) is 0.846. The lowest BCUT2D eigenvalue weighted by Crippen LogP contribution is -2.48. The first kappa shape index (κ1) is 16.3. The number of hydrogen-bond acceptors (Lipinski definition) is 2. The Morgan fingerprint density at radius 2 is 1.70 bits per heavy atom. The highest BCUT2D eigenvalue weighted by atomic mass is 15.1. The second kappa shape index (κ2) is 7.26. The zero-order chi connectivity index (χ0) is 14.7. The highest BCUT2D eigenvalue weighted by Gasteiger charge is 2.33. The lowest BCUT2D eigenvalue weighted by Gasteiger charge is -2.43. The second-order valence-electron chi connectivity index (χ2n) is 8.14. The van der Waals surface area contributed by atoms with E-state index in [-0.39, 0.29) is 0 Å². The molecule has 20 heavy (non-hydrogen) atoms. The first-order valence-electron chi connectivity index (χ1n) is 8.89. The molecule has 0 aromatic rings. The molecule has 5 unspecified atom stereocenters. The normalized spacial score (nSPS) is 40.2. The number of piperidine rings is 1. The summed E-state index contributed by atoms with van der Waals surface area (Å²) < 4.78 is 0. The Morgan fingerprint density at radius 3 is 2.25 bits per heavy atom. The summed E-state index contributed by atoms with van der Waals surface area (Å²) in [5.41, 5.74) is 0. The molecule has 2 nitrogen and oxygen atoms in total. The predicted molar refractivity (Wildman–Crippen MR) is 87.9 cm³/mol. The van der Waals surface area contributed by atoms with Crippen molar-refractivity contribution < 1.29 is 0 Å². The third-order valence-corrected chi connectivity index (χ3v) is 5.77. The molecule has 0 aromatic heterocycles. The van der Waals surface area contributed by atoms with Gasteiger partial charge in [-0.15, -0.1) is 0 Å². The number of likely N-dealkylation sites (tertiary alicyclic amines) is 1. The molecule has 1 N–H and O–H groups in total. The Labute approximate surface area is 126 Å². The van der Waals surface area contributed by atoms with E-state index in [9.17, 15) is 0 Å². The van der Waals surface area contributed by atoms with Gasteiger partial charge in [0.2, 0.25) is 0 Å². The zero-order valence-corrected chi connectivity index (χ0v) is 14.4. The van der Waals surface area contributed by atoms with Gasteiger partial charge in [-0.3, -0.25) is 0 Å². The summed E-state index contributed by atoms with van der Waals surface area (Å²) in [6, 6.07) is 0.748. The molecule has 0 aromatic carbocycles. The van der Waals surface area contributed by atoms with Crippen molar-refractivity contribution >= 4 is 0 Å². The van der Waals surface area contributed by atoms with Gasteiger partial charge in [-0.05, 0) is 62.3 Å². The molecule has 2 rings (SSSR count). The monoisotopic (exact) mass is 280 g/mol. The highest BCUT2D eigenvalue weighted by molar-refractivity contribution is 4.88. The van der Waals surface area contributed by atoms with Crippen molar-refractivity contribution in [2.24, 2.45) is 29.6 Å². The van der Waals surface area contributed by atoms with Gasteiger partial charge in [0.1, 0.15) is 0 Å². The summed E-state index contributed by atoms with van der Waals surface area (Å²) in [5.74, 6) is 4.44. The van der Waals surface area contributed by atoms with Crippen LogP contribution in [0.15, 0.2) is 0 Å². The fourth-order valence-corrected chi connectivity index (χ4v) is 4.76. The fourth-order valence-electron chi connectivity index (χ4n) is 4.76. The average molecular weight is 280 g/mol. The SMILES string of the molecule is CNC1CCC(C(C)C)CC1CN1CC(C)CC(C)C1. The summed E-state index contributed by atoms with van der Waals surface area (Å²) >= 11 is 0. The molecule has 0 spiro atoms. The molecular weight excluding hydrogens is 244 g/mol. The standard InChI is InChI=1S/C18H36N2/c1-13(2)16-6-7-18(19-5)17(9-16)12-20-10-14(3)8-15(4)11-20/h13-19H,6-12H2,1-5H3. The number of nitrogens with one attached hydrogen (secondary N) is 1. The van der Waals surface area contributed by atoms with Gasteiger partial charge in [-0.2, -0.15) is 0 Å². The van der Waals surface area contributed by atoms with Crippen molar-refractivity contribution in [1.29, 1.82) is 0 Å². The van der Waals surface area contributed by atoms with E-state index in [2.05, 4.69) is 45.0 Å². The first-order valence-corrected chi connectivity index (χ1v) is 8.89. The van der Waals surface area contributed by atoms with Crippen LogP contribution in [0.1, 0.15) is 53.4 Å². The van der Waals surface area contributed by atoms with Crippen LogP contribution >= 0.6 is 0 Å². The van der Waals surface area contributed by atoms with Crippen molar-refractivity contribution in [3.05, 3.63) is 0 Å². The Balaban J connectivity index is 1.93. The minimum atomic E-state index is 0.748. The van der Waals surface area contributed by atoms with Gasteiger partial charge in [0, 0.05) is 25.7 Å². The molecule has 0 radical (unpaired) electrons. The van der Waals surface area contributed by atoms with Crippen LogP contribution in [0.3, 0.4) is 0 Å². The minimum Gasteiger partial charge on any atom is -0.317 e. The molecule has 0 amide bonds. The van der Waals surface area contributed by atoms with E-state index in [1.807, 2.05) is 0 Å². The Bertz CT molecular complexity index is 279. The molecule has 1 heterocycles. The largest absolute Gasteiger partial charge is 0.317 e. The molecular formula is C18H36N2. The van der Waals surface area contributed by atoms with Crippen molar-refractivity contribution in [3.8, 4) is 0 Å². The van der Waals surface area contributed by atoms with E-state index in [0.29, 0.717) is 0 Å². The maximum Gasteiger partial charge on any atom is 0.0105 e. The fraction of sp³-hybridized carbons (Fsp3) is 1.00. The van der Waals surface area contributed by atoms with Crippen LogP contribution in [0.25, 0.3) is 0 Å². The molecule has 1 saturated carbocycles. The van der Waals surface area contributed by atoms with Gasteiger partial charge < -0.3 is 10.2 Å². The number of rotatable bonds is 4. The van der Waals surface area contributed by atoms with Gasteiger partial charge in [-0.1, -0.05) is 27.7 Å². The van der Waals surface area contributed by atoms with Gasteiger partial charge in [0.05, 0.1) is 0 Å². The maximum atomic E-state index is 3.60. The van der Waals surface area contributed by atoms with Crippen molar-refractivity contribution in [3.63, 3.8) is 0 Å². The molecule has 0 bridgehead atoms. The zero-order valence-electron chi connectivity index (χ0n) is 14.4. The minimum absolute atomic E-state index is 0.748. The lowest BCUT2D eigenvalue weighted by atomic mass is 9.73. The third kappa shape index (κ3) is 4.21. The molecule has 118 valence electrons. The van der Waals surface area contributed by atoms with Crippen LogP contribution in [0.4, 0.5) is 0 Å². The van der Waals surface area contributed by atoms with E-state index < -0.39 is 0 Å². The molecule has 1 saturated heterocycles. The molecule has 1 aliphatic carbocycles. The third-order valence-electron chi connectivity index (χ3n) is 5.77. The van der Waals surface area contributed by atoms with Gasteiger partial charge in [-0.25, -0.2) is 0 Å². The van der Waals surface area contributed by atoms with Crippen LogP contribution in [-0.4, -0.2) is 37.6 Å². The number of hydrogen-bond donors (Lipinski definition) is 1. The molecule has 2 heteroatoms. The van der Waals surface area contributed by atoms with Crippen LogP contribution in [0.2, 0.25) is 0 Å². The summed E-state index contributed by atoms with van der Waals surface area (Å²) in [4.78, 5) is 2.76. The maximum absolute atomic E-state index is 3.60. The Kier molecular flexibility index (Phi) is 5.92. The smallest absolute Gasteiger partial charge is 0.0105 e. The highest BCUT2D eigenvalue weighted by Crippen LogP contribution is 2.35. The van der Waals surface area contributed by atoms with E-state index >= 15 is 0 Å². The van der Waals surface area contributed by atoms with Crippen LogP contribution in [0.5, 0.6) is 0 Å². The Hall–Kier alpha value is -0.0800. The second-order valence-corrected chi connectivity index (χ2v) is 8.14. The lowest BCUT2D eigenvalue weighted by molar-refractivity contribution is 0.0815. The van der Waals surface area contributed by atoms with Gasteiger partial charge in [0.25, 0.3) is 0 Å². The van der Waals surface area contributed by atoms with Crippen molar-refractivity contribution in [2.75, 3.05) is 26.7 Å². The molecule has 1 aliphatic heterocycles. The first-order chi connectivity index (χ1) is 9.49. The van der Waals surface area contributed by atoms with Crippen molar-refractivity contribution in [1.82, 2.24) is 10.2 Å². The summed E-state index contributed by atoms with van der Waals surface area (Å²) in [6.45, 7) is 13.6. The van der Waals surface area contributed by atoms with Crippen LogP contribution < -0.4 is 5.32 Å². The molecule has 5 atom stereocenters. The number of nitrogens with zero attached hydrogens (tertiary/aromatic N) is 1. The topological polar surface area (TPSA) is 15.3 Å². The van der Waals surface area contributed by atoms with E-state index in [1.54, 1.807) is 0 Å². The van der Waals surface area contributed by atoms with Gasteiger partial charge >= 0.3 is 0 Å². The predicted octanol–water partition coefficient (Wildman–Crippen LogP) is 3.62. The average Bonchev–Trinajstić information content (AvgIpc) is 2.37. The molecule has 2 fully saturated rings. The van der Waals surface area contributed by atoms with Crippen molar-refractivity contribution in [2.45, 2.75) is 59.4 Å². The molecule has 2 aliphatic rings. The summed E-state index contributed by atoms with van der Waals surface area (Å²) in [7, 11) is 2.16. The van der Waals surface area contributed by atoms with Crippen LogP contribution in [0, 0.1) is 29.6 Å². The van der Waals surface area contributed by atoms with Crippen LogP contribution in [-0.2, 0) is 0 Å². The van der Waals surface area contributed by atoms with Gasteiger partial charge in [0.15, 0.2) is 0 Å². The Morgan fingerprint density at radius 1 is 1.05 bits per heavy atom. The van der Waals surface area contributed by atoms with E-state index in [0.717, 1.165) is 35.6 Å². The van der Waals surface area contributed by atoms with E-state index in [4.69, 9.17) is 0 Å². The summed E-state index contributed by atoms with van der Waals surface area (Å²) in [6.07, 6.45) is 5.66. The van der Waals surface area contributed by atoms with E-state index in [1.165, 1.54) is 45.3 Å².